The van der Waals surface area contributed by atoms with Crippen molar-refractivity contribution in [3.8, 4) is 0 Å². The molecule has 1 aliphatic heterocycles. The van der Waals surface area contributed by atoms with Crippen LogP contribution in [-0.2, 0) is 11.2 Å². The van der Waals surface area contributed by atoms with E-state index in [0.717, 1.165) is 12.1 Å². The lowest BCUT2D eigenvalue weighted by atomic mass is 9.88. The van der Waals surface area contributed by atoms with Gasteiger partial charge < -0.3 is 4.74 Å². The number of rotatable bonds is 5. The van der Waals surface area contributed by atoms with E-state index in [1.165, 1.54) is 23.9 Å². The number of halogens is 6. The van der Waals surface area contributed by atoms with Gasteiger partial charge >= 0.3 is 12.1 Å². The van der Waals surface area contributed by atoms with Crippen LogP contribution in [0.4, 0.5) is 17.6 Å². The summed E-state index contributed by atoms with van der Waals surface area (Å²) in [7, 11) is 0. The number of carbonyl (C=O) groups excluding carboxylic acids is 2. The van der Waals surface area contributed by atoms with E-state index in [1.54, 1.807) is 20.8 Å². The zero-order valence-corrected chi connectivity index (χ0v) is 20.2. The molecular weight excluding hydrogens is 503 g/mol. The summed E-state index contributed by atoms with van der Waals surface area (Å²) in [6.07, 6.45) is -5.28. The number of hydrogen-bond acceptors (Lipinski definition) is 4. The average Bonchev–Trinajstić information content (AvgIpc) is 3.16. The Balaban J connectivity index is 1.96. The van der Waals surface area contributed by atoms with Crippen LogP contribution in [0.3, 0.4) is 0 Å². The lowest BCUT2D eigenvalue weighted by molar-refractivity contribution is -0.149. The number of esters is 1. The molecule has 0 unspecified atom stereocenters. The fourth-order valence-corrected chi connectivity index (χ4v) is 5.25. The number of ether oxygens (including phenoxy) is 1. The summed E-state index contributed by atoms with van der Waals surface area (Å²) in [6, 6.07) is 4.44. The number of Topliss-reactive ketones (excluding diaryl/α,β-unsaturated/α-hetero) is 1. The van der Waals surface area contributed by atoms with Crippen LogP contribution in [0, 0.1) is 5.82 Å². The molecule has 1 heterocycles. The van der Waals surface area contributed by atoms with Gasteiger partial charge in [0.1, 0.15) is 5.60 Å². The van der Waals surface area contributed by atoms with E-state index in [-0.39, 0.29) is 11.1 Å². The van der Waals surface area contributed by atoms with Crippen molar-refractivity contribution in [1.29, 1.82) is 0 Å². The molecule has 0 radical (unpaired) electrons. The third kappa shape index (κ3) is 5.84. The van der Waals surface area contributed by atoms with E-state index in [1.807, 2.05) is 0 Å². The van der Waals surface area contributed by atoms with E-state index < -0.39 is 57.3 Å². The van der Waals surface area contributed by atoms with Gasteiger partial charge in [-0.1, -0.05) is 29.3 Å². The van der Waals surface area contributed by atoms with Crippen LogP contribution in [-0.4, -0.2) is 29.3 Å². The number of carbonyl (C=O) groups is 2. The molecule has 178 valence electrons. The zero-order chi connectivity index (χ0) is 24.7. The third-order valence-corrected chi connectivity index (χ3v) is 6.68. The average molecular weight is 523 g/mol. The first-order chi connectivity index (χ1) is 15.2. The van der Waals surface area contributed by atoms with Crippen molar-refractivity contribution in [3.05, 3.63) is 62.4 Å². The van der Waals surface area contributed by atoms with Crippen molar-refractivity contribution in [1.82, 2.24) is 0 Å². The van der Waals surface area contributed by atoms with Crippen molar-refractivity contribution in [2.24, 2.45) is 0 Å². The van der Waals surface area contributed by atoms with Gasteiger partial charge in [-0.05, 0) is 56.5 Å². The Bertz CT molecular complexity index is 1090. The molecule has 3 rings (SSSR count). The molecule has 33 heavy (non-hydrogen) atoms. The van der Waals surface area contributed by atoms with Crippen LogP contribution in [0.15, 0.2) is 29.2 Å². The van der Waals surface area contributed by atoms with Crippen molar-refractivity contribution < 1.29 is 31.9 Å². The second-order valence-corrected chi connectivity index (χ2v) is 10.5. The summed E-state index contributed by atoms with van der Waals surface area (Å²) in [6.45, 7) is 5.17. The Kier molecular flexibility index (Phi) is 7.42. The summed E-state index contributed by atoms with van der Waals surface area (Å²) in [5.74, 6) is -3.97. The van der Waals surface area contributed by atoms with E-state index in [4.69, 9.17) is 27.9 Å². The number of benzene rings is 2. The van der Waals surface area contributed by atoms with Gasteiger partial charge in [-0.2, -0.15) is 13.2 Å². The molecule has 0 saturated carbocycles. The van der Waals surface area contributed by atoms with Crippen LogP contribution in [0.1, 0.15) is 65.0 Å². The highest BCUT2D eigenvalue weighted by molar-refractivity contribution is 7.99. The minimum Gasteiger partial charge on any atom is -0.456 e. The molecule has 0 N–H and O–H groups in total. The Morgan fingerprint density at radius 3 is 2.21 bits per heavy atom. The third-order valence-electron chi connectivity index (χ3n) is 4.97. The standard InChI is InChI=1S/C23H20Cl2F4O3S/c1-22(2,3)32-21(31)14-5-4-12(13-6-7-33-20(13)14)18(30)10-15(23(27,28)29)11-8-16(24)19(26)17(25)9-11/h4-5,8-9,15H,6-7,10H2,1-3H3/t15-/m0/s1. The molecule has 1 aliphatic rings. The highest BCUT2D eigenvalue weighted by Crippen LogP contribution is 2.43. The molecule has 2 aromatic rings. The predicted octanol–water partition coefficient (Wildman–Crippen LogP) is 7.65. The lowest BCUT2D eigenvalue weighted by Crippen LogP contribution is -2.25. The largest absolute Gasteiger partial charge is 0.456 e. The molecule has 0 aliphatic carbocycles. The maximum Gasteiger partial charge on any atom is 0.396 e. The van der Waals surface area contributed by atoms with Crippen molar-refractivity contribution in [3.63, 3.8) is 0 Å². The number of ketones is 1. The molecule has 0 fully saturated rings. The second-order valence-electron chi connectivity index (χ2n) is 8.59. The number of fused-ring (bicyclic) bond motifs is 1. The Morgan fingerprint density at radius 2 is 1.67 bits per heavy atom. The molecule has 3 nitrogen and oxygen atoms in total. The summed E-state index contributed by atoms with van der Waals surface area (Å²) < 4.78 is 60.7. The van der Waals surface area contributed by atoms with Gasteiger partial charge in [-0.15, -0.1) is 11.8 Å². The topological polar surface area (TPSA) is 43.4 Å². The van der Waals surface area contributed by atoms with Gasteiger partial charge in [0.15, 0.2) is 11.6 Å². The quantitative estimate of drug-likeness (QED) is 0.175. The van der Waals surface area contributed by atoms with E-state index >= 15 is 0 Å². The Labute approximate surface area is 202 Å². The maximum absolute atomic E-state index is 13.8. The fourth-order valence-electron chi connectivity index (χ4n) is 3.55. The molecule has 0 saturated heterocycles. The molecule has 1 atom stereocenters. The maximum atomic E-state index is 13.8. The van der Waals surface area contributed by atoms with Crippen molar-refractivity contribution in [2.45, 2.75) is 56.2 Å². The summed E-state index contributed by atoms with van der Waals surface area (Å²) in [5.41, 5.74) is -0.188. The normalized spacial score (nSPS) is 14.7. The van der Waals surface area contributed by atoms with Gasteiger partial charge in [0.2, 0.25) is 0 Å². The van der Waals surface area contributed by atoms with Gasteiger partial charge in [0, 0.05) is 22.6 Å². The van der Waals surface area contributed by atoms with Gasteiger partial charge in [0.25, 0.3) is 0 Å². The number of alkyl halides is 3. The SMILES string of the molecule is CC(C)(C)OC(=O)c1ccc(C(=O)C[C@@H](c2cc(Cl)c(F)c(Cl)c2)C(F)(F)F)c2c1SCC2. The Hall–Kier alpha value is -1.77. The highest BCUT2D eigenvalue weighted by Gasteiger charge is 2.43. The molecular formula is C23H20Cl2F4O3S. The minimum absolute atomic E-state index is 0.121. The predicted molar refractivity (Wildman–Crippen MR) is 120 cm³/mol. The molecule has 2 aromatic carbocycles. The molecule has 0 amide bonds. The van der Waals surface area contributed by atoms with Crippen molar-refractivity contribution in [2.75, 3.05) is 5.75 Å². The van der Waals surface area contributed by atoms with Gasteiger partial charge in [-0.25, -0.2) is 9.18 Å². The van der Waals surface area contributed by atoms with Crippen LogP contribution >= 0.6 is 35.0 Å². The van der Waals surface area contributed by atoms with Gasteiger partial charge in [-0.3, -0.25) is 4.79 Å². The summed E-state index contributed by atoms with van der Waals surface area (Å²) in [4.78, 5) is 26.1. The molecule has 0 bridgehead atoms. The first kappa shape index (κ1) is 25.8. The van der Waals surface area contributed by atoms with Gasteiger partial charge in [0.05, 0.1) is 21.5 Å². The highest BCUT2D eigenvalue weighted by atomic mass is 35.5. The number of hydrogen-bond donors (Lipinski definition) is 0. The van der Waals surface area contributed by atoms with E-state index in [0.29, 0.717) is 22.6 Å². The smallest absolute Gasteiger partial charge is 0.396 e. The van der Waals surface area contributed by atoms with Crippen molar-refractivity contribution >= 4 is 46.7 Å². The summed E-state index contributed by atoms with van der Waals surface area (Å²) >= 11 is 12.7. The molecule has 10 heteroatoms. The monoisotopic (exact) mass is 522 g/mol. The fraction of sp³-hybridized carbons (Fsp3) is 0.391. The molecule has 0 spiro atoms. The van der Waals surface area contributed by atoms with Crippen LogP contribution in [0.25, 0.3) is 0 Å². The number of thioether (sulfide) groups is 1. The zero-order valence-electron chi connectivity index (χ0n) is 17.9. The minimum atomic E-state index is -4.80. The lowest BCUT2D eigenvalue weighted by Gasteiger charge is -2.22. The first-order valence-corrected chi connectivity index (χ1v) is 11.7. The summed E-state index contributed by atoms with van der Waals surface area (Å²) in [5, 5.41) is -1.11. The van der Waals surface area contributed by atoms with Crippen LogP contribution in [0.5, 0.6) is 0 Å². The first-order valence-electron chi connectivity index (χ1n) is 9.95. The van der Waals surface area contributed by atoms with Crippen LogP contribution < -0.4 is 0 Å². The molecule has 0 aromatic heterocycles. The van der Waals surface area contributed by atoms with E-state index in [2.05, 4.69) is 0 Å². The van der Waals surface area contributed by atoms with E-state index in [9.17, 15) is 27.2 Å². The Morgan fingerprint density at radius 1 is 1.09 bits per heavy atom. The second kappa shape index (κ2) is 9.47. The van der Waals surface area contributed by atoms with Crippen LogP contribution in [0.2, 0.25) is 10.0 Å².